The van der Waals surface area contributed by atoms with Gasteiger partial charge in [0.1, 0.15) is 13.2 Å². The summed E-state index contributed by atoms with van der Waals surface area (Å²) in [6.45, 7) is 6.28. The minimum atomic E-state index is -0.811. The van der Waals surface area contributed by atoms with Crippen LogP contribution in [-0.4, -0.2) is 37.2 Å². The van der Waals surface area contributed by atoms with Crippen LogP contribution in [-0.2, 0) is 28.6 Å². The van der Waals surface area contributed by atoms with Crippen molar-refractivity contribution in [2.45, 2.75) is 213 Å². The Morgan fingerprint density at radius 3 is 1.27 bits per heavy atom. The SMILES string of the molecule is CC/C=C/C=C/C=C/C=C/C=C/CCCC(=O)OCC(COC(=O)CCCCCCCCC/C=C/CCCCCC)OC(=O)CCCCCCCCC/C=C/C/C=C/CC. The first-order chi connectivity index (χ1) is 29.5. The molecule has 0 rings (SSSR count). The molecule has 0 radical (unpaired) electrons. The fourth-order valence-corrected chi connectivity index (χ4v) is 6.33. The number of hydrogen-bond donors (Lipinski definition) is 0. The van der Waals surface area contributed by atoms with Crippen molar-refractivity contribution in [3.63, 3.8) is 0 Å². The minimum absolute atomic E-state index is 0.107. The zero-order valence-electron chi connectivity index (χ0n) is 38.7. The van der Waals surface area contributed by atoms with Crippen LogP contribution in [0.4, 0.5) is 0 Å². The zero-order chi connectivity index (χ0) is 43.7. The fraction of sp³-hybridized carbons (Fsp3) is 0.648. The second-order valence-corrected chi connectivity index (χ2v) is 15.7. The van der Waals surface area contributed by atoms with Gasteiger partial charge in [0.25, 0.3) is 0 Å². The smallest absolute Gasteiger partial charge is 0.306 e. The molecule has 0 N–H and O–H groups in total. The van der Waals surface area contributed by atoms with E-state index in [9.17, 15) is 14.4 Å². The highest BCUT2D eigenvalue weighted by Crippen LogP contribution is 2.14. The van der Waals surface area contributed by atoms with Gasteiger partial charge in [0.05, 0.1) is 0 Å². The van der Waals surface area contributed by atoms with E-state index >= 15 is 0 Å². The van der Waals surface area contributed by atoms with Crippen molar-refractivity contribution < 1.29 is 28.6 Å². The van der Waals surface area contributed by atoms with Gasteiger partial charge in [0.15, 0.2) is 6.10 Å². The van der Waals surface area contributed by atoms with Crippen molar-refractivity contribution in [1.29, 1.82) is 0 Å². The predicted molar refractivity (Wildman–Crippen MR) is 256 cm³/mol. The number of unbranched alkanes of at least 4 members (excludes halogenated alkanes) is 19. The highest BCUT2D eigenvalue weighted by atomic mass is 16.6. The summed E-state index contributed by atoms with van der Waals surface area (Å²) in [6.07, 6.45) is 62.5. The van der Waals surface area contributed by atoms with Crippen LogP contribution in [0, 0.1) is 0 Å². The molecule has 1 atom stereocenters. The van der Waals surface area contributed by atoms with Gasteiger partial charge >= 0.3 is 17.9 Å². The molecule has 0 amide bonds. The van der Waals surface area contributed by atoms with Crippen molar-refractivity contribution in [2.75, 3.05) is 13.2 Å². The first kappa shape index (κ1) is 56.3. The van der Waals surface area contributed by atoms with Gasteiger partial charge in [-0.25, -0.2) is 0 Å². The Bertz CT molecular complexity index is 1230. The molecule has 0 bridgehead atoms. The van der Waals surface area contributed by atoms with Crippen LogP contribution in [0.3, 0.4) is 0 Å². The monoisotopic (exact) mass is 833 g/mol. The van der Waals surface area contributed by atoms with Gasteiger partial charge in [-0.2, -0.15) is 0 Å². The summed E-state index contributed by atoms with van der Waals surface area (Å²) >= 11 is 0. The lowest BCUT2D eigenvalue weighted by Crippen LogP contribution is -2.30. The summed E-state index contributed by atoms with van der Waals surface area (Å²) in [7, 11) is 0. The van der Waals surface area contributed by atoms with Crippen LogP contribution in [0.1, 0.15) is 207 Å². The van der Waals surface area contributed by atoms with Crippen molar-refractivity contribution >= 4 is 17.9 Å². The molecule has 0 aromatic heterocycles. The van der Waals surface area contributed by atoms with E-state index in [1.165, 1.54) is 89.9 Å². The van der Waals surface area contributed by atoms with E-state index in [-0.39, 0.29) is 37.5 Å². The molecule has 0 heterocycles. The molecule has 0 saturated carbocycles. The molecule has 0 aliphatic heterocycles. The Balaban J connectivity index is 4.51. The quantitative estimate of drug-likeness (QED) is 0.0200. The second-order valence-electron chi connectivity index (χ2n) is 15.7. The van der Waals surface area contributed by atoms with Gasteiger partial charge in [-0.15, -0.1) is 0 Å². The molecule has 0 aromatic carbocycles. The van der Waals surface area contributed by atoms with E-state index in [0.29, 0.717) is 19.3 Å². The van der Waals surface area contributed by atoms with Gasteiger partial charge in [0.2, 0.25) is 0 Å². The van der Waals surface area contributed by atoms with Crippen molar-refractivity contribution in [3.8, 4) is 0 Å². The number of carbonyl (C=O) groups is 3. The molecule has 6 nitrogen and oxygen atoms in total. The van der Waals surface area contributed by atoms with Crippen LogP contribution in [0.15, 0.2) is 97.2 Å². The molecule has 0 aliphatic rings. The molecule has 0 aliphatic carbocycles. The molecular weight excluding hydrogens is 745 g/mol. The first-order valence-corrected chi connectivity index (χ1v) is 24.3. The molecule has 340 valence electrons. The highest BCUT2D eigenvalue weighted by Gasteiger charge is 2.19. The third kappa shape index (κ3) is 45.4. The number of carbonyl (C=O) groups excluding carboxylic acids is 3. The lowest BCUT2D eigenvalue weighted by atomic mass is 10.1. The average molecular weight is 833 g/mol. The molecular formula is C54H88O6. The second kappa shape index (κ2) is 48.0. The van der Waals surface area contributed by atoms with E-state index in [4.69, 9.17) is 14.2 Å². The summed E-state index contributed by atoms with van der Waals surface area (Å²) < 4.78 is 16.7. The van der Waals surface area contributed by atoms with Gasteiger partial charge < -0.3 is 14.2 Å². The maximum absolute atomic E-state index is 12.8. The molecule has 0 fully saturated rings. The molecule has 60 heavy (non-hydrogen) atoms. The number of allylic oxidation sites excluding steroid dienone is 16. The molecule has 6 heteroatoms. The largest absolute Gasteiger partial charge is 0.462 e. The molecule has 0 spiro atoms. The maximum Gasteiger partial charge on any atom is 0.306 e. The van der Waals surface area contributed by atoms with Crippen LogP contribution in [0.2, 0.25) is 0 Å². The summed E-state index contributed by atoms with van der Waals surface area (Å²) in [6, 6.07) is 0. The Morgan fingerprint density at radius 2 is 0.750 bits per heavy atom. The normalized spacial score (nSPS) is 12.9. The lowest BCUT2D eigenvalue weighted by molar-refractivity contribution is -0.167. The minimum Gasteiger partial charge on any atom is -0.462 e. The Hall–Kier alpha value is -3.67. The van der Waals surface area contributed by atoms with Gasteiger partial charge in [0, 0.05) is 19.3 Å². The van der Waals surface area contributed by atoms with Crippen LogP contribution >= 0.6 is 0 Å². The van der Waals surface area contributed by atoms with E-state index in [0.717, 1.165) is 70.6 Å². The molecule has 0 saturated heterocycles. The zero-order valence-corrected chi connectivity index (χ0v) is 38.7. The average Bonchev–Trinajstić information content (AvgIpc) is 3.24. The summed E-state index contributed by atoms with van der Waals surface area (Å²) in [5.41, 5.74) is 0. The Morgan fingerprint density at radius 1 is 0.367 bits per heavy atom. The van der Waals surface area contributed by atoms with Crippen LogP contribution < -0.4 is 0 Å². The molecule has 1 unspecified atom stereocenters. The summed E-state index contributed by atoms with van der Waals surface area (Å²) in [5, 5.41) is 0. The van der Waals surface area contributed by atoms with Gasteiger partial charge in [-0.05, 0) is 83.5 Å². The predicted octanol–water partition coefficient (Wildman–Crippen LogP) is 15.8. The maximum atomic E-state index is 12.8. The standard InChI is InChI=1S/C54H88O6/c1-4-7-10-13-16-19-22-25-27-30-32-35-38-41-44-47-53(56)59-50-51(49-58-52(55)46-43-40-37-34-31-28-24-21-18-15-12-9-6-3)60-54(57)48-45-42-39-36-33-29-26-23-20-17-14-11-8-5-2/h8-9,11-12,15,17-22,24,28,31,34,37,51H,4-7,10,13-14,16,23,25-27,29-30,32-33,35-36,38-50H2,1-3H3/b11-8+,12-9+,18-15+,20-17+,22-19+,24-21+,31-28+,37-34+. The van der Waals surface area contributed by atoms with E-state index < -0.39 is 6.10 Å². The summed E-state index contributed by atoms with van der Waals surface area (Å²) in [5.74, 6) is -1.00. The van der Waals surface area contributed by atoms with Crippen molar-refractivity contribution in [2.24, 2.45) is 0 Å². The topological polar surface area (TPSA) is 78.9 Å². The first-order valence-electron chi connectivity index (χ1n) is 24.3. The van der Waals surface area contributed by atoms with Gasteiger partial charge in [-0.1, -0.05) is 201 Å². The fourth-order valence-electron chi connectivity index (χ4n) is 6.33. The molecule has 0 aromatic rings. The number of rotatable bonds is 42. The third-order valence-electron chi connectivity index (χ3n) is 9.93. The Kier molecular flexibility index (Phi) is 45.1. The van der Waals surface area contributed by atoms with Crippen LogP contribution in [0.5, 0.6) is 0 Å². The lowest BCUT2D eigenvalue weighted by Gasteiger charge is -2.18. The Labute approximate surface area is 368 Å². The number of esters is 3. The van der Waals surface area contributed by atoms with Crippen LogP contribution in [0.25, 0.3) is 0 Å². The van der Waals surface area contributed by atoms with E-state index in [2.05, 4.69) is 63.3 Å². The van der Waals surface area contributed by atoms with Gasteiger partial charge in [-0.3, -0.25) is 14.4 Å². The van der Waals surface area contributed by atoms with Crippen molar-refractivity contribution in [1.82, 2.24) is 0 Å². The summed E-state index contributed by atoms with van der Waals surface area (Å²) in [4.78, 5) is 37.9. The third-order valence-corrected chi connectivity index (χ3v) is 9.93. The van der Waals surface area contributed by atoms with E-state index in [1.54, 1.807) is 0 Å². The number of ether oxygens (including phenoxy) is 3. The number of hydrogen-bond acceptors (Lipinski definition) is 6. The van der Waals surface area contributed by atoms with E-state index in [1.807, 2.05) is 54.7 Å². The van der Waals surface area contributed by atoms with Crippen molar-refractivity contribution in [3.05, 3.63) is 97.2 Å². The highest BCUT2D eigenvalue weighted by molar-refractivity contribution is 5.71.